The zero-order valence-electron chi connectivity index (χ0n) is 25.9. The standard InChI is InChI=1S/C17H21NO.C10H14BrN.C7H9BO3/c1-17(2,3)12-9-10-15(18)14(11-12)13-7-5-6-8-16(13)19-4;1-10(2,3)7-4-5-9(12)8(11)6-7;1-11-7-5-3-2-4-6(7)8(9)10/h5-11H,18H2,1-4H3;4-6H,12H2,1-3H3;2-5,9-10H,1H3. The summed E-state index contributed by atoms with van der Waals surface area (Å²) in [6.07, 6.45) is 0. The monoisotopic (exact) mass is 634 g/mol. The third-order valence-electron chi connectivity index (χ3n) is 6.60. The lowest BCUT2D eigenvalue weighted by molar-refractivity contribution is 0.403. The molecular weight excluding hydrogens is 591 g/mol. The van der Waals surface area contributed by atoms with Crippen LogP contribution in [0.1, 0.15) is 52.7 Å². The summed E-state index contributed by atoms with van der Waals surface area (Å²) in [4.78, 5) is 0. The van der Waals surface area contributed by atoms with Crippen molar-refractivity contribution in [1.29, 1.82) is 0 Å². The van der Waals surface area contributed by atoms with E-state index >= 15 is 0 Å². The Morgan fingerprint density at radius 1 is 0.619 bits per heavy atom. The Balaban J connectivity index is 0.000000233. The van der Waals surface area contributed by atoms with Gasteiger partial charge in [0.15, 0.2) is 0 Å². The van der Waals surface area contributed by atoms with Crippen molar-refractivity contribution >= 4 is 39.9 Å². The number of halogens is 1. The second-order valence-electron chi connectivity index (χ2n) is 11.9. The van der Waals surface area contributed by atoms with Crippen molar-refractivity contribution < 1.29 is 19.5 Å². The van der Waals surface area contributed by atoms with E-state index in [4.69, 9.17) is 31.0 Å². The lowest BCUT2D eigenvalue weighted by Crippen LogP contribution is -2.30. The van der Waals surface area contributed by atoms with Crippen LogP contribution in [0.15, 0.2) is 89.4 Å². The first-order chi connectivity index (χ1) is 19.6. The zero-order valence-corrected chi connectivity index (χ0v) is 27.5. The summed E-state index contributed by atoms with van der Waals surface area (Å²) in [6, 6.07) is 27.0. The zero-order chi connectivity index (χ0) is 31.7. The SMILES string of the molecule is CC(C)(C)c1ccc(N)c(Br)c1.COc1ccccc1-c1cc(C(C)(C)C)ccc1N.COc1ccccc1B(O)O. The summed E-state index contributed by atoms with van der Waals surface area (Å²) >= 11 is 3.41. The number of ether oxygens (including phenoxy) is 2. The quantitative estimate of drug-likeness (QED) is 0.143. The Morgan fingerprint density at radius 3 is 1.57 bits per heavy atom. The lowest BCUT2D eigenvalue weighted by atomic mass is 9.80. The van der Waals surface area contributed by atoms with E-state index in [1.54, 1.807) is 31.4 Å². The molecule has 8 heteroatoms. The molecule has 4 rings (SSSR count). The van der Waals surface area contributed by atoms with E-state index in [-0.39, 0.29) is 10.8 Å². The first kappa shape index (κ1) is 34.7. The Labute approximate surface area is 260 Å². The molecular formula is C34H44BBrN2O4. The van der Waals surface area contributed by atoms with Gasteiger partial charge >= 0.3 is 7.12 Å². The first-order valence-electron chi connectivity index (χ1n) is 13.7. The highest BCUT2D eigenvalue weighted by Crippen LogP contribution is 2.36. The maximum atomic E-state index is 8.81. The number of anilines is 2. The van der Waals surface area contributed by atoms with Crippen LogP contribution in [-0.2, 0) is 10.8 Å². The molecule has 0 unspecified atom stereocenters. The van der Waals surface area contributed by atoms with Crippen LogP contribution in [0, 0.1) is 0 Å². The molecule has 224 valence electrons. The minimum Gasteiger partial charge on any atom is -0.497 e. The number of para-hydroxylation sites is 2. The van der Waals surface area contributed by atoms with Crippen molar-refractivity contribution in [2.75, 3.05) is 25.7 Å². The highest BCUT2D eigenvalue weighted by Gasteiger charge is 2.17. The number of hydrogen-bond donors (Lipinski definition) is 4. The predicted molar refractivity (Wildman–Crippen MR) is 182 cm³/mol. The van der Waals surface area contributed by atoms with Crippen molar-refractivity contribution in [3.05, 3.63) is 101 Å². The largest absolute Gasteiger partial charge is 0.497 e. The number of benzene rings is 4. The highest BCUT2D eigenvalue weighted by atomic mass is 79.9. The van der Waals surface area contributed by atoms with Crippen molar-refractivity contribution in [2.45, 2.75) is 52.4 Å². The van der Waals surface area contributed by atoms with Crippen LogP contribution in [-0.4, -0.2) is 31.4 Å². The molecule has 42 heavy (non-hydrogen) atoms. The van der Waals surface area contributed by atoms with E-state index in [1.807, 2.05) is 36.4 Å². The van der Waals surface area contributed by atoms with Crippen LogP contribution < -0.4 is 26.4 Å². The topological polar surface area (TPSA) is 111 Å². The van der Waals surface area contributed by atoms with Gasteiger partial charge in [0.25, 0.3) is 0 Å². The minimum atomic E-state index is -1.47. The number of rotatable bonds is 4. The smallest absolute Gasteiger partial charge is 0.492 e. The lowest BCUT2D eigenvalue weighted by Gasteiger charge is -2.21. The number of methoxy groups -OCH3 is 2. The Bertz CT molecular complexity index is 1450. The summed E-state index contributed by atoms with van der Waals surface area (Å²) < 4.78 is 11.3. The molecule has 0 heterocycles. The van der Waals surface area contributed by atoms with Gasteiger partial charge in [0.05, 0.1) is 14.2 Å². The average molecular weight is 635 g/mol. The summed E-state index contributed by atoms with van der Waals surface area (Å²) in [6.45, 7) is 13.2. The van der Waals surface area contributed by atoms with Gasteiger partial charge in [-0.1, -0.05) is 90.1 Å². The van der Waals surface area contributed by atoms with E-state index in [9.17, 15) is 0 Å². The summed E-state index contributed by atoms with van der Waals surface area (Å²) in [5.41, 5.74) is 18.7. The molecule has 0 saturated carbocycles. The third-order valence-corrected chi connectivity index (χ3v) is 7.29. The minimum absolute atomic E-state index is 0.102. The molecule has 4 aromatic carbocycles. The molecule has 0 aliphatic heterocycles. The number of hydrogen-bond acceptors (Lipinski definition) is 6. The molecule has 0 fully saturated rings. The van der Waals surface area contributed by atoms with Crippen molar-refractivity contribution in [3.8, 4) is 22.6 Å². The van der Waals surface area contributed by atoms with E-state index in [0.717, 1.165) is 32.7 Å². The third kappa shape index (κ3) is 9.83. The first-order valence-corrected chi connectivity index (χ1v) is 14.5. The van der Waals surface area contributed by atoms with Crippen molar-refractivity contribution in [2.24, 2.45) is 0 Å². The molecule has 0 saturated heterocycles. The number of nitrogen functional groups attached to an aromatic ring is 2. The van der Waals surface area contributed by atoms with Gasteiger partial charge in [0.2, 0.25) is 0 Å². The van der Waals surface area contributed by atoms with Gasteiger partial charge in [-0.05, 0) is 74.3 Å². The maximum Gasteiger partial charge on any atom is 0.492 e. The van der Waals surface area contributed by atoms with Crippen LogP contribution in [0.2, 0.25) is 0 Å². The van der Waals surface area contributed by atoms with Crippen LogP contribution >= 0.6 is 15.9 Å². The molecule has 0 spiro atoms. The van der Waals surface area contributed by atoms with Crippen molar-refractivity contribution in [3.63, 3.8) is 0 Å². The van der Waals surface area contributed by atoms with E-state index < -0.39 is 7.12 Å². The second-order valence-corrected chi connectivity index (χ2v) is 12.7. The maximum absolute atomic E-state index is 8.81. The number of nitrogens with two attached hydrogens (primary N) is 2. The van der Waals surface area contributed by atoms with Crippen LogP contribution in [0.25, 0.3) is 11.1 Å². The molecule has 0 aliphatic rings. The molecule has 4 aromatic rings. The van der Waals surface area contributed by atoms with Gasteiger partial charge in [-0.2, -0.15) is 0 Å². The Morgan fingerprint density at radius 2 is 1.10 bits per heavy atom. The average Bonchev–Trinajstić information content (AvgIpc) is 2.94. The molecule has 0 aromatic heterocycles. The highest BCUT2D eigenvalue weighted by molar-refractivity contribution is 9.10. The second kappa shape index (κ2) is 15.1. The van der Waals surface area contributed by atoms with Crippen molar-refractivity contribution in [1.82, 2.24) is 0 Å². The van der Waals surface area contributed by atoms with E-state index in [2.05, 4.69) is 81.7 Å². The fourth-order valence-electron chi connectivity index (χ4n) is 4.00. The molecule has 0 radical (unpaired) electrons. The van der Waals surface area contributed by atoms with E-state index in [1.165, 1.54) is 18.2 Å². The van der Waals surface area contributed by atoms with Gasteiger partial charge in [-0.25, -0.2) is 0 Å². The Hall–Kier alpha value is -3.46. The Kier molecular flexibility index (Phi) is 12.5. The molecule has 6 nitrogen and oxygen atoms in total. The summed E-state index contributed by atoms with van der Waals surface area (Å²) in [7, 11) is 1.70. The molecule has 0 amide bonds. The van der Waals surface area contributed by atoms with Crippen LogP contribution in [0.4, 0.5) is 11.4 Å². The molecule has 6 N–H and O–H groups in total. The van der Waals surface area contributed by atoms with Gasteiger partial charge < -0.3 is 31.0 Å². The van der Waals surface area contributed by atoms with Gasteiger partial charge in [-0.3, -0.25) is 0 Å². The normalized spacial score (nSPS) is 10.9. The summed E-state index contributed by atoms with van der Waals surface area (Å²) in [5, 5.41) is 17.6. The summed E-state index contributed by atoms with van der Waals surface area (Å²) in [5.74, 6) is 1.34. The predicted octanol–water partition coefficient (Wildman–Crippen LogP) is 6.95. The van der Waals surface area contributed by atoms with Gasteiger partial charge in [-0.15, -0.1) is 0 Å². The molecule has 0 atom stereocenters. The van der Waals surface area contributed by atoms with E-state index in [0.29, 0.717) is 11.2 Å². The van der Waals surface area contributed by atoms with Gasteiger partial charge in [0, 0.05) is 32.4 Å². The fourth-order valence-corrected chi connectivity index (χ4v) is 4.38. The molecule has 0 bridgehead atoms. The molecule has 0 aliphatic carbocycles. The van der Waals surface area contributed by atoms with Gasteiger partial charge in [0.1, 0.15) is 11.5 Å². The van der Waals surface area contributed by atoms with Crippen LogP contribution in [0.3, 0.4) is 0 Å². The fraction of sp³-hybridized carbons (Fsp3) is 0.294. The van der Waals surface area contributed by atoms with Crippen LogP contribution in [0.5, 0.6) is 11.5 Å².